The zero-order valence-corrected chi connectivity index (χ0v) is 13.1. The first kappa shape index (κ1) is 20.8. The third kappa shape index (κ3) is 7.06. The summed E-state index contributed by atoms with van der Waals surface area (Å²) in [4.78, 5) is 45.5. The van der Waals surface area contributed by atoms with Crippen LogP contribution in [-0.4, -0.2) is 63.3 Å². The Morgan fingerprint density at radius 2 is 1.52 bits per heavy atom. The standard InChI is InChI=1S/C13H23N3O7/c1-5(2)10(16-11(20)9(14)6(3)17)12(21)15-7(13(22)23)4-8(18)19/h5-7,9-10,17H,4,14H2,1-3H3,(H,15,21)(H,16,20)(H,18,19)(H,22,23). The predicted molar refractivity (Wildman–Crippen MR) is 78.2 cm³/mol. The highest BCUT2D eigenvalue weighted by atomic mass is 16.4. The van der Waals surface area contributed by atoms with Crippen molar-refractivity contribution in [2.75, 3.05) is 0 Å². The molecule has 23 heavy (non-hydrogen) atoms. The summed E-state index contributed by atoms with van der Waals surface area (Å²) in [6, 6.07) is -4.00. The van der Waals surface area contributed by atoms with Gasteiger partial charge in [0.15, 0.2) is 0 Å². The Morgan fingerprint density at radius 3 is 1.87 bits per heavy atom. The molecule has 0 fully saturated rings. The summed E-state index contributed by atoms with van der Waals surface area (Å²) >= 11 is 0. The van der Waals surface area contributed by atoms with Gasteiger partial charge >= 0.3 is 11.9 Å². The highest BCUT2D eigenvalue weighted by Crippen LogP contribution is 2.05. The lowest BCUT2D eigenvalue weighted by Gasteiger charge is -2.25. The van der Waals surface area contributed by atoms with Gasteiger partial charge in [-0.3, -0.25) is 14.4 Å². The van der Waals surface area contributed by atoms with Crippen LogP contribution in [0.3, 0.4) is 0 Å². The average Bonchev–Trinajstić information content (AvgIpc) is 2.41. The molecule has 0 aliphatic heterocycles. The summed E-state index contributed by atoms with van der Waals surface area (Å²) in [5, 5.41) is 31.2. The van der Waals surface area contributed by atoms with Crippen molar-refractivity contribution in [3.05, 3.63) is 0 Å². The molecular weight excluding hydrogens is 310 g/mol. The number of amides is 2. The van der Waals surface area contributed by atoms with Crippen LogP contribution in [0.25, 0.3) is 0 Å². The van der Waals surface area contributed by atoms with Crippen LogP contribution in [0.15, 0.2) is 0 Å². The van der Waals surface area contributed by atoms with Gasteiger partial charge in [-0.2, -0.15) is 0 Å². The lowest BCUT2D eigenvalue weighted by molar-refractivity contribution is -0.147. The van der Waals surface area contributed by atoms with Crippen LogP contribution < -0.4 is 16.4 Å². The summed E-state index contributed by atoms with van der Waals surface area (Å²) < 4.78 is 0. The van der Waals surface area contributed by atoms with Gasteiger partial charge in [-0.15, -0.1) is 0 Å². The lowest BCUT2D eigenvalue weighted by atomic mass is 10.0. The molecule has 0 bridgehead atoms. The van der Waals surface area contributed by atoms with E-state index in [1.807, 2.05) is 0 Å². The second-order valence-corrected chi connectivity index (χ2v) is 5.49. The summed E-state index contributed by atoms with van der Waals surface area (Å²) in [5.41, 5.74) is 5.46. The van der Waals surface area contributed by atoms with Crippen molar-refractivity contribution in [3.8, 4) is 0 Å². The van der Waals surface area contributed by atoms with Crippen LogP contribution in [0.2, 0.25) is 0 Å². The fraction of sp³-hybridized carbons (Fsp3) is 0.692. The number of carbonyl (C=O) groups is 4. The molecule has 2 amide bonds. The molecule has 0 aromatic carbocycles. The number of carboxylic acid groups (broad SMARTS) is 2. The molecule has 0 aliphatic carbocycles. The highest BCUT2D eigenvalue weighted by molar-refractivity contribution is 5.93. The third-order valence-corrected chi connectivity index (χ3v) is 3.06. The average molecular weight is 333 g/mol. The quantitative estimate of drug-likeness (QED) is 0.277. The molecule has 4 atom stereocenters. The van der Waals surface area contributed by atoms with E-state index in [2.05, 4.69) is 10.6 Å². The van der Waals surface area contributed by atoms with E-state index in [1.54, 1.807) is 13.8 Å². The minimum atomic E-state index is -1.62. The van der Waals surface area contributed by atoms with Crippen LogP contribution in [0.4, 0.5) is 0 Å². The Morgan fingerprint density at radius 1 is 1.00 bits per heavy atom. The van der Waals surface area contributed by atoms with Gasteiger partial charge in [-0.05, 0) is 12.8 Å². The molecule has 7 N–H and O–H groups in total. The monoisotopic (exact) mass is 333 g/mol. The predicted octanol–water partition coefficient (Wildman–Crippen LogP) is -2.12. The van der Waals surface area contributed by atoms with Gasteiger partial charge in [0, 0.05) is 0 Å². The van der Waals surface area contributed by atoms with Crippen LogP contribution in [-0.2, 0) is 19.2 Å². The van der Waals surface area contributed by atoms with Gasteiger partial charge in [-0.1, -0.05) is 13.8 Å². The molecule has 132 valence electrons. The molecule has 0 saturated heterocycles. The van der Waals surface area contributed by atoms with Crippen molar-refractivity contribution in [2.24, 2.45) is 11.7 Å². The topological polar surface area (TPSA) is 179 Å². The van der Waals surface area contributed by atoms with E-state index < -0.39 is 60.3 Å². The Bertz CT molecular complexity index is 464. The van der Waals surface area contributed by atoms with Gasteiger partial charge in [0.25, 0.3) is 0 Å². The van der Waals surface area contributed by atoms with E-state index in [9.17, 15) is 24.3 Å². The van der Waals surface area contributed by atoms with Gasteiger partial charge in [0.2, 0.25) is 11.8 Å². The minimum Gasteiger partial charge on any atom is -0.481 e. The number of aliphatic hydroxyl groups excluding tert-OH is 1. The van der Waals surface area contributed by atoms with Crippen LogP contribution in [0.5, 0.6) is 0 Å². The van der Waals surface area contributed by atoms with Crippen molar-refractivity contribution in [2.45, 2.75) is 51.4 Å². The first-order chi connectivity index (χ1) is 10.5. The Balaban J connectivity index is 5.01. The molecule has 0 spiro atoms. The molecule has 0 rings (SSSR count). The fourth-order valence-corrected chi connectivity index (χ4v) is 1.64. The molecule has 0 radical (unpaired) electrons. The molecule has 0 aliphatic rings. The number of carbonyl (C=O) groups excluding carboxylic acids is 2. The van der Waals surface area contributed by atoms with Crippen LogP contribution in [0, 0.1) is 5.92 Å². The fourth-order valence-electron chi connectivity index (χ4n) is 1.64. The van der Waals surface area contributed by atoms with E-state index in [0.717, 1.165) is 0 Å². The Hall–Kier alpha value is -2.20. The van der Waals surface area contributed by atoms with Crippen LogP contribution >= 0.6 is 0 Å². The van der Waals surface area contributed by atoms with Crippen molar-refractivity contribution in [3.63, 3.8) is 0 Å². The zero-order chi connectivity index (χ0) is 18.3. The Kier molecular flexibility index (Phi) is 8.19. The van der Waals surface area contributed by atoms with Gasteiger partial charge in [0.1, 0.15) is 18.1 Å². The second kappa shape index (κ2) is 9.06. The number of nitrogens with one attached hydrogen (secondary N) is 2. The molecule has 0 aromatic heterocycles. The summed E-state index contributed by atoms with van der Waals surface area (Å²) in [5.74, 6) is -4.94. The molecular formula is C13H23N3O7. The minimum absolute atomic E-state index is 0.417. The zero-order valence-electron chi connectivity index (χ0n) is 13.1. The number of carboxylic acids is 2. The van der Waals surface area contributed by atoms with Crippen molar-refractivity contribution >= 4 is 23.8 Å². The first-order valence-electron chi connectivity index (χ1n) is 6.96. The number of hydrogen-bond acceptors (Lipinski definition) is 6. The Labute approximate surface area is 133 Å². The van der Waals surface area contributed by atoms with Crippen molar-refractivity contribution in [1.29, 1.82) is 0 Å². The summed E-state index contributed by atoms with van der Waals surface area (Å²) in [6.45, 7) is 4.51. The van der Waals surface area contributed by atoms with Crippen molar-refractivity contribution < 1.29 is 34.5 Å². The van der Waals surface area contributed by atoms with Crippen LogP contribution in [0.1, 0.15) is 27.2 Å². The number of aliphatic carboxylic acids is 2. The third-order valence-electron chi connectivity index (χ3n) is 3.06. The largest absolute Gasteiger partial charge is 0.481 e. The summed E-state index contributed by atoms with van der Waals surface area (Å²) in [6.07, 6.45) is -1.93. The maximum absolute atomic E-state index is 12.1. The SMILES string of the molecule is CC(C)C(NC(=O)C(N)C(C)O)C(=O)NC(CC(=O)O)C(=O)O. The second-order valence-electron chi connectivity index (χ2n) is 5.49. The van der Waals surface area contributed by atoms with Gasteiger partial charge < -0.3 is 31.7 Å². The molecule has 10 nitrogen and oxygen atoms in total. The molecule has 4 unspecified atom stereocenters. The van der Waals surface area contributed by atoms with E-state index in [-0.39, 0.29) is 0 Å². The molecule has 0 saturated carbocycles. The highest BCUT2D eigenvalue weighted by Gasteiger charge is 2.31. The number of hydrogen-bond donors (Lipinski definition) is 6. The number of aliphatic hydroxyl groups is 1. The van der Waals surface area contributed by atoms with E-state index in [1.165, 1.54) is 6.92 Å². The first-order valence-corrected chi connectivity index (χ1v) is 6.96. The molecule has 0 aromatic rings. The van der Waals surface area contributed by atoms with Crippen molar-refractivity contribution in [1.82, 2.24) is 10.6 Å². The smallest absolute Gasteiger partial charge is 0.326 e. The summed E-state index contributed by atoms with van der Waals surface area (Å²) in [7, 11) is 0. The molecule has 10 heteroatoms. The number of nitrogens with two attached hydrogens (primary N) is 1. The normalized spacial score (nSPS) is 16.1. The van der Waals surface area contributed by atoms with E-state index in [0.29, 0.717) is 0 Å². The van der Waals surface area contributed by atoms with E-state index in [4.69, 9.17) is 15.9 Å². The van der Waals surface area contributed by atoms with Gasteiger partial charge in [-0.25, -0.2) is 4.79 Å². The maximum atomic E-state index is 12.1. The number of rotatable bonds is 9. The molecule has 0 heterocycles. The maximum Gasteiger partial charge on any atom is 0.326 e. The lowest BCUT2D eigenvalue weighted by Crippen LogP contribution is -2.58. The van der Waals surface area contributed by atoms with Gasteiger partial charge in [0.05, 0.1) is 12.5 Å². The van der Waals surface area contributed by atoms with E-state index >= 15 is 0 Å².